The van der Waals surface area contributed by atoms with Crippen molar-refractivity contribution < 1.29 is 66.9 Å². The van der Waals surface area contributed by atoms with Gasteiger partial charge in [-0.3, -0.25) is 19.3 Å². The summed E-state index contributed by atoms with van der Waals surface area (Å²) in [4.78, 5) is 48.8. The van der Waals surface area contributed by atoms with Gasteiger partial charge in [-0.05, 0) is 82.8 Å². The second-order valence-electron chi connectivity index (χ2n) is 13.9. The molecule has 4 aromatic rings. The average Bonchev–Trinajstić information content (AvgIpc) is 3.32. The van der Waals surface area contributed by atoms with Gasteiger partial charge in [-0.15, -0.1) is 0 Å². The lowest BCUT2D eigenvalue weighted by Gasteiger charge is -2.28. The minimum Gasteiger partial charge on any atom is -0.504 e. The van der Waals surface area contributed by atoms with Crippen molar-refractivity contribution in [2.45, 2.75) is 54.1 Å². The maximum atomic E-state index is 11.8. The van der Waals surface area contributed by atoms with Crippen LogP contribution in [-0.4, -0.2) is 132 Å². The lowest BCUT2D eigenvalue weighted by atomic mass is 10.2. The first kappa shape index (κ1) is 60.6. The van der Waals surface area contributed by atoms with E-state index in [0.29, 0.717) is 65.4 Å². The summed E-state index contributed by atoms with van der Waals surface area (Å²) in [6.07, 6.45) is 0. The van der Waals surface area contributed by atoms with Gasteiger partial charge < -0.3 is 58.4 Å². The van der Waals surface area contributed by atoms with E-state index in [0.717, 1.165) is 6.54 Å². The monoisotopic (exact) mass is 1000 g/mol. The molecule has 0 aromatic heterocycles. The van der Waals surface area contributed by atoms with Crippen LogP contribution < -0.4 is 34.3 Å². The maximum Gasteiger partial charge on any atom is 0.343 e. The molecule has 0 atom stereocenters. The molecule has 0 saturated heterocycles. The van der Waals surface area contributed by atoms with Gasteiger partial charge in [0, 0.05) is 12.1 Å². The van der Waals surface area contributed by atoms with Crippen molar-refractivity contribution in [1.82, 2.24) is 4.90 Å². The summed E-state index contributed by atoms with van der Waals surface area (Å²) in [6, 6.07) is 29.3. The molecule has 0 heterocycles. The lowest BCUT2D eigenvalue weighted by Crippen LogP contribution is -2.36. The van der Waals surface area contributed by atoms with E-state index in [2.05, 4.69) is 64.9 Å². The predicted octanol–water partition coefficient (Wildman–Crippen LogP) is 7.60. The summed E-state index contributed by atoms with van der Waals surface area (Å²) in [5, 5.41) is 9.77. The predicted molar refractivity (Wildman–Crippen MR) is 263 cm³/mol. The van der Waals surface area contributed by atoms with Gasteiger partial charge in [0.2, 0.25) is 0 Å². The first-order valence-electron chi connectivity index (χ1n) is 20.9. The van der Waals surface area contributed by atoms with Gasteiger partial charge in [0.05, 0.1) is 39.8 Å². The van der Waals surface area contributed by atoms with Gasteiger partial charge in [-0.2, -0.15) is 0 Å². The molecular formula is C49H70BrN3O14. The Morgan fingerprint density at radius 3 is 1.36 bits per heavy atom. The third-order valence-electron chi connectivity index (χ3n) is 8.73. The number of hydrogen-bond donors (Lipinski definition) is 2. The van der Waals surface area contributed by atoms with E-state index >= 15 is 0 Å². The van der Waals surface area contributed by atoms with Crippen molar-refractivity contribution >= 4 is 51.2 Å². The zero-order chi connectivity index (χ0) is 49.3. The molecule has 4 aromatic carbocycles. The Bertz CT molecular complexity index is 1920. The highest BCUT2D eigenvalue weighted by atomic mass is 79.9. The van der Waals surface area contributed by atoms with Crippen molar-refractivity contribution in [2.75, 3.05) is 97.1 Å². The minimum atomic E-state index is -0.513. The molecule has 0 aliphatic heterocycles. The number of nitrogens with zero attached hydrogens (tertiary/aromatic N) is 2. The van der Waals surface area contributed by atoms with Crippen molar-refractivity contribution in [1.29, 1.82) is 0 Å². The second kappa shape index (κ2) is 35.8. The van der Waals surface area contributed by atoms with Gasteiger partial charge in [0.25, 0.3) is 0 Å². The number of aromatic hydroxyl groups is 1. The fraction of sp³-hybridized carbons (Fsp3) is 0.429. The molecule has 0 aliphatic carbocycles. The molecular weight excluding hydrogens is 934 g/mol. The van der Waals surface area contributed by atoms with Gasteiger partial charge >= 0.3 is 23.9 Å². The molecule has 17 nitrogen and oxygen atoms in total. The molecule has 67 heavy (non-hydrogen) atoms. The number of methoxy groups -OCH3 is 4. The average molecular weight is 1010 g/mol. The normalized spacial score (nSPS) is 9.93. The van der Waals surface area contributed by atoms with E-state index in [1.54, 1.807) is 84.9 Å². The lowest BCUT2D eigenvalue weighted by molar-refractivity contribution is -0.143. The number of halogens is 1. The summed E-state index contributed by atoms with van der Waals surface area (Å²) in [5.74, 6) is 0.715. The van der Waals surface area contributed by atoms with Crippen molar-refractivity contribution in [3.63, 3.8) is 0 Å². The highest BCUT2D eigenvalue weighted by Crippen LogP contribution is 2.29. The summed E-state index contributed by atoms with van der Waals surface area (Å²) >= 11 is 2.90. The first-order chi connectivity index (χ1) is 31.6. The Hall–Kier alpha value is -6.40. The largest absolute Gasteiger partial charge is 0.504 e. The zero-order valence-electron chi connectivity index (χ0n) is 39.4. The summed E-state index contributed by atoms with van der Waals surface area (Å²) in [7, 11) is 5.17. The quantitative estimate of drug-likeness (QED) is 0.0256. The fourth-order valence-electron chi connectivity index (χ4n) is 5.57. The second-order valence-corrected chi connectivity index (χ2v) is 14.5. The molecule has 0 radical (unpaired) electrons. The summed E-state index contributed by atoms with van der Waals surface area (Å²) < 4.78 is 46.1. The molecule has 0 spiro atoms. The third kappa shape index (κ3) is 25.2. The maximum absolute atomic E-state index is 11.8. The standard InChI is InChI=1S/C23H27NO9.C14H15NO3.C8H19N.C3H5BrO2.CH4/c1-28-21(25)14-24(15-22(26)29-2)17-8-4-5-9-18(17)31-12-13-32-19-10-6-7-11-20(19)33-16-23(27)30-3;15-11-5-1-3-7-13(11)17-9-10-18-14-8-4-2-6-12(14)16;1-6-9(7(2)3)8(4)5;1-6-3(5)2-4;/h4-11H,12-16H2,1-3H3;1-8,16H,9-10,15H2;7-8H,6H2,1-5H3;2H2,1H3;1H4. The number of carbonyl (C=O) groups excluding carboxylic acids is 4. The molecule has 0 saturated carbocycles. The Morgan fingerprint density at radius 2 is 0.940 bits per heavy atom. The number of hydrogen-bond acceptors (Lipinski definition) is 17. The molecule has 0 amide bonds. The molecule has 18 heteroatoms. The third-order valence-corrected chi connectivity index (χ3v) is 9.19. The SMILES string of the molecule is C.CCN(C(C)C)C(C)C.COC(=O)CBr.COC(=O)COc1ccccc1OCCOc1ccccc1N(CC(=O)OC)CC(=O)OC.Nc1ccccc1OCCOc1ccccc1O. The van der Waals surface area contributed by atoms with Crippen LogP contribution in [0.15, 0.2) is 97.1 Å². The molecule has 0 fully saturated rings. The van der Waals surface area contributed by atoms with Crippen LogP contribution in [0.1, 0.15) is 42.0 Å². The van der Waals surface area contributed by atoms with Crippen LogP contribution in [0.3, 0.4) is 0 Å². The van der Waals surface area contributed by atoms with Crippen LogP contribution in [0.2, 0.25) is 0 Å². The Kier molecular flexibility index (Phi) is 32.4. The Labute approximate surface area is 404 Å². The molecule has 3 N–H and O–H groups in total. The van der Waals surface area contributed by atoms with Crippen LogP contribution in [-0.2, 0) is 38.1 Å². The Balaban J connectivity index is 0.00000106. The number of nitrogen functional groups attached to an aromatic ring is 1. The molecule has 0 bridgehead atoms. The van der Waals surface area contributed by atoms with Crippen molar-refractivity contribution in [3.8, 4) is 34.5 Å². The van der Waals surface area contributed by atoms with Crippen LogP contribution >= 0.6 is 15.9 Å². The number of alkyl halides is 1. The minimum absolute atomic E-state index is 0. The van der Waals surface area contributed by atoms with Crippen molar-refractivity contribution in [2.24, 2.45) is 0 Å². The number of ether oxygens (including phenoxy) is 9. The topological polar surface area (TPSA) is 204 Å². The number of anilines is 2. The van der Waals surface area contributed by atoms with Crippen molar-refractivity contribution in [3.05, 3.63) is 97.1 Å². The number of benzene rings is 4. The van der Waals surface area contributed by atoms with E-state index in [4.69, 9.17) is 38.9 Å². The summed E-state index contributed by atoms with van der Waals surface area (Å²) in [6.45, 7) is 12.8. The summed E-state index contributed by atoms with van der Waals surface area (Å²) in [5.41, 5.74) is 6.85. The highest BCUT2D eigenvalue weighted by molar-refractivity contribution is 9.09. The van der Waals surface area contributed by atoms with E-state index < -0.39 is 17.9 Å². The highest BCUT2D eigenvalue weighted by Gasteiger charge is 2.20. The van der Waals surface area contributed by atoms with E-state index in [1.165, 1.54) is 33.3 Å². The Morgan fingerprint density at radius 1 is 0.552 bits per heavy atom. The van der Waals surface area contributed by atoms with Gasteiger partial charge in [0.1, 0.15) is 56.3 Å². The van der Waals surface area contributed by atoms with Gasteiger partial charge in [-0.1, -0.05) is 78.8 Å². The number of phenols is 1. The number of para-hydroxylation sites is 8. The fourth-order valence-corrected chi connectivity index (χ4v) is 5.80. The molecule has 0 unspecified atom stereocenters. The number of rotatable bonds is 22. The number of carbonyl (C=O) groups is 4. The molecule has 4 rings (SSSR count). The van der Waals surface area contributed by atoms with Crippen LogP contribution in [0.25, 0.3) is 0 Å². The van der Waals surface area contributed by atoms with Gasteiger partial charge in [-0.25, -0.2) is 4.79 Å². The van der Waals surface area contributed by atoms with E-state index in [-0.39, 0.29) is 57.4 Å². The smallest absolute Gasteiger partial charge is 0.343 e. The van der Waals surface area contributed by atoms with Crippen LogP contribution in [0.5, 0.6) is 34.5 Å². The number of phenolic OH excluding ortho intramolecular Hbond substituents is 1. The van der Waals surface area contributed by atoms with Gasteiger partial charge in [0.15, 0.2) is 29.6 Å². The zero-order valence-corrected chi connectivity index (χ0v) is 40.9. The van der Waals surface area contributed by atoms with Crippen LogP contribution in [0, 0.1) is 0 Å². The first-order valence-corrected chi connectivity index (χ1v) is 22.1. The number of esters is 4. The van der Waals surface area contributed by atoms with E-state index in [1.807, 2.05) is 12.1 Å². The molecule has 0 aliphatic rings. The van der Waals surface area contributed by atoms with Crippen LogP contribution in [0.4, 0.5) is 11.4 Å². The molecule has 372 valence electrons. The number of nitrogens with two attached hydrogens (primary N) is 1. The van der Waals surface area contributed by atoms with E-state index in [9.17, 15) is 24.3 Å².